The molecule has 2 aromatic heterocycles. The quantitative estimate of drug-likeness (QED) is 0.381. The molecule has 3 heterocycles. The molecule has 1 saturated heterocycles. The first-order chi connectivity index (χ1) is 17.3. The molecule has 1 aliphatic rings. The van der Waals surface area contributed by atoms with E-state index < -0.39 is 5.60 Å². The maximum Gasteiger partial charge on any atom is 0.410 e. The van der Waals surface area contributed by atoms with Gasteiger partial charge in [-0.15, -0.1) is 5.10 Å². The number of hydrogen-bond donors (Lipinski definition) is 1. The molecule has 0 spiro atoms. The number of amides is 1. The summed E-state index contributed by atoms with van der Waals surface area (Å²) in [6.07, 6.45) is 2.48. The fraction of sp³-hybridized carbons (Fsp3) is 0.321. The molecular formula is C28H31N5O3. The molecule has 1 unspecified atom stereocenters. The molecule has 2 aromatic carbocycles. The van der Waals surface area contributed by atoms with Crippen molar-refractivity contribution >= 4 is 23.2 Å². The van der Waals surface area contributed by atoms with E-state index in [-0.39, 0.29) is 6.09 Å². The van der Waals surface area contributed by atoms with Crippen LogP contribution in [0, 0.1) is 0 Å². The Morgan fingerprint density at radius 3 is 2.58 bits per heavy atom. The highest BCUT2D eigenvalue weighted by Gasteiger charge is 2.30. The van der Waals surface area contributed by atoms with E-state index in [0.29, 0.717) is 25.0 Å². The SMILES string of the molecule is COc1ccccc1-c1ccc2cnc(Nc3ccc(C4CCN(C(=O)OC(C)(C)C)C4)cc3)nn12. The summed E-state index contributed by atoms with van der Waals surface area (Å²) in [5.74, 6) is 1.58. The van der Waals surface area contributed by atoms with E-state index in [1.165, 1.54) is 5.56 Å². The first-order valence-corrected chi connectivity index (χ1v) is 12.1. The number of nitrogens with one attached hydrogen (secondary N) is 1. The molecule has 5 rings (SSSR count). The zero-order chi connectivity index (χ0) is 25.3. The number of nitrogens with zero attached hydrogens (tertiary/aromatic N) is 4. The number of hydrogen-bond acceptors (Lipinski definition) is 6. The number of likely N-dealkylation sites (tertiary alicyclic amines) is 1. The summed E-state index contributed by atoms with van der Waals surface area (Å²) in [7, 11) is 1.67. The Labute approximate surface area is 210 Å². The third kappa shape index (κ3) is 4.98. The first-order valence-electron chi connectivity index (χ1n) is 12.1. The van der Waals surface area contributed by atoms with Gasteiger partial charge in [0, 0.05) is 30.3 Å². The van der Waals surface area contributed by atoms with Crippen LogP contribution in [0.3, 0.4) is 0 Å². The van der Waals surface area contributed by atoms with Crippen molar-refractivity contribution in [3.8, 4) is 17.0 Å². The molecule has 1 atom stereocenters. The maximum absolute atomic E-state index is 12.4. The van der Waals surface area contributed by atoms with Crippen LogP contribution in [0.1, 0.15) is 38.7 Å². The third-order valence-electron chi connectivity index (χ3n) is 6.26. The minimum absolute atomic E-state index is 0.242. The number of carbonyl (C=O) groups is 1. The number of benzene rings is 2. The zero-order valence-corrected chi connectivity index (χ0v) is 21.1. The zero-order valence-electron chi connectivity index (χ0n) is 21.1. The van der Waals surface area contributed by atoms with Gasteiger partial charge < -0.3 is 19.7 Å². The lowest BCUT2D eigenvalue weighted by Crippen LogP contribution is -2.35. The number of ether oxygens (including phenoxy) is 2. The largest absolute Gasteiger partial charge is 0.496 e. The van der Waals surface area contributed by atoms with Crippen LogP contribution in [0.15, 0.2) is 66.9 Å². The summed E-state index contributed by atoms with van der Waals surface area (Å²) in [4.78, 5) is 18.7. The summed E-state index contributed by atoms with van der Waals surface area (Å²) < 4.78 is 12.9. The van der Waals surface area contributed by atoms with Crippen molar-refractivity contribution in [2.75, 3.05) is 25.5 Å². The maximum atomic E-state index is 12.4. The van der Waals surface area contributed by atoms with Crippen molar-refractivity contribution in [1.82, 2.24) is 19.5 Å². The number of anilines is 2. The Hall–Kier alpha value is -4.07. The Bertz CT molecular complexity index is 1370. The Morgan fingerprint density at radius 2 is 1.83 bits per heavy atom. The van der Waals surface area contributed by atoms with Crippen LogP contribution in [0.25, 0.3) is 16.8 Å². The van der Waals surface area contributed by atoms with Crippen molar-refractivity contribution in [3.05, 3.63) is 72.4 Å². The molecule has 0 bridgehead atoms. The van der Waals surface area contributed by atoms with Crippen LogP contribution in [-0.2, 0) is 4.74 Å². The monoisotopic (exact) mass is 485 g/mol. The number of rotatable bonds is 5. The van der Waals surface area contributed by atoms with Gasteiger partial charge in [-0.2, -0.15) is 0 Å². The summed E-state index contributed by atoms with van der Waals surface area (Å²) in [5, 5.41) is 8.03. The van der Waals surface area contributed by atoms with Gasteiger partial charge in [-0.25, -0.2) is 14.3 Å². The Morgan fingerprint density at radius 1 is 1.06 bits per heavy atom. The van der Waals surface area contributed by atoms with Gasteiger partial charge in [-0.1, -0.05) is 24.3 Å². The minimum atomic E-state index is -0.484. The Balaban J connectivity index is 1.29. The van der Waals surface area contributed by atoms with E-state index in [2.05, 4.69) is 22.4 Å². The van der Waals surface area contributed by atoms with Crippen molar-refractivity contribution in [2.45, 2.75) is 38.7 Å². The van der Waals surface area contributed by atoms with Gasteiger partial charge in [-0.05, 0) is 69.2 Å². The lowest BCUT2D eigenvalue weighted by molar-refractivity contribution is 0.0292. The minimum Gasteiger partial charge on any atom is -0.496 e. The number of aromatic nitrogens is 3. The number of carbonyl (C=O) groups excluding carboxylic acids is 1. The van der Waals surface area contributed by atoms with Crippen molar-refractivity contribution in [3.63, 3.8) is 0 Å². The molecule has 0 saturated carbocycles. The molecule has 0 radical (unpaired) electrons. The number of methoxy groups -OCH3 is 1. The summed E-state index contributed by atoms with van der Waals surface area (Å²) in [6, 6.07) is 20.1. The molecule has 1 amide bonds. The molecule has 36 heavy (non-hydrogen) atoms. The molecule has 8 heteroatoms. The van der Waals surface area contributed by atoms with Gasteiger partial charge in [0.05, 0.1) is 24.5 Å². The van der Waals surface area contributed by atoms with Gasteiger partial charge in [0.25, 0.3) is 0 Å². The average Bonchev–Trinajstić information content (AvgIpc) is 3.51. The predicted octanol–water partition coefficient (Wildman–Crippen LogP) is 5.87. The van der Waals surface area contributed by atoms with Gasteiger partial charge >= 0.3 is 6.09 Å². The molecule has 1 N–H and O–H groups in total. The summed E-state index contributed by atoms with van der Waals surface area (Å²) >= 11 is 0. The van der Waals surface area contributed by atoms with E-state index in [1.54, 1.807) is 18.2 Å². The van der Waals surface area contributed by atoms with Crippen molar-refractivity contribution in [2.24, 2.45) is 0 Å². The highest BCUT2D eigenvalue weighted by atomic mass is 16.6. The highest BCUT2D eigenvalue weighted by Crippen LogP contribution is 2.32. The van der Waals surface area contributed by atoms with Crippen LogP contribution in [0.2, 0.25) is 0 Å². The van der Waals surface area contributed by atoms with E-state index >= 15 is 0 Å². The normalized spacial score (nSPS) is 15.8. The molecule has 0 aliphatic carbocycles. The van der Waals surface area contributed by atoms with E-state index in [9.17, 15) is 4.79 Å². The molecule has 1 fully saturated rings. The second-order valence-corrected chi connectivity index (χ2v) is 10.00. The van der Waals surface area contributed by atoms with E-state index in [4.69, 9.17) is 14.6 Å². The van der Waals surface area contributed by atoms with Crippen LogP contribution in [0.5, 0.6) is 5.75 Å². The second kappa shape index (κ2) is 9.53. The van der Waals surface area contributed by atoms with Crippen molar-refractivity contribution < 1.29 is 14.3 Å². The lowest BCUT2D eigenvalue weighted by atomic mass is 9.98. The second-order valence-electron chi connectivity index (χ2n) is 10.00. The topological polar surface area (TPSA) is 81.0 Å². The molecular weight excluding hydrogens is 454 g/mol. The third-order valence-corrected chi connectivity index (χ3v) is 6.26. The average molecular weight is 486 g/mol. The standard InChI is InChI=1S/C28H31N5O3/c1-28(2,3)36-27(34)32-16-15-20(18-32)19-9-11-21(12-10-19)30-26-29-17-22-13-14-24(33(22)31-26)23-7-5-6-8-25(23)35-4/h5-14,17,20H,15-16,18H2,1-4H3,(H,30,31). The van der Waals surface area contributed by atoms with Crippen LogP contribution < -0.4 is 10.1 Å². The molecule has 1 aliphatic heterocycles. The first kappa shape index (κ1) is 23.7. The highest BCUT2D eigenvalue weighted by molar-refractivity contribution is 5.72. The van der Waals surface area contributed by atoms with Crippen LogP contribution in [-0.4, -0.2) is 51.4 Å². The fourth-order valence-corrected chi connectivity index (χ4v) is 4.51. The lowest BCUT2D eigenvalue weighted by Gasteiger charge is -2.24. The van der Waals surface area contributed by atoms with E-state index in [0.717, 1.165) is 34.6 Å². The number of para-hydroxylation sites is 1. The molecule has 4 aromatic rings. The molecule has 8 nitrogen and oxygen atoms in total. The summed E-state index contributed by atoms with van der Waals surface area (Å²) in [6.45, 7) is 7.05. The van der Waals surface area contributed by atoms with Gasteiger partial charge in [0.2, 0.25) is 5.95 Å². The van der Waals surface area contributed by atoms with Crippen LogP contribution >= 0.6 is 0 Å². The number of fused-ring (bicyclic) bond motifs is 1. The summed E-state index contributed by atoms with van der Waals surface area (Å²) in [5.41, 5.74) is 4.40. The van der Waals surface area contributed by atoms with Crippen LogP contribution in [0.4, 0.5) is 16.4 Å². The fourth-order valence-electron chi connectivity index (χ4n) is 4.51. The van der Waals surface area contributed by atoms with Gasteiger partial charge in [0.1, 0.15) is 11.4 Å². The van der Waals surface area contributed by atoms with Gasteiger partial charge in [-0.3, -0.25) is 0 Å². The Kier molecular flexibility index (Phi) is 6.26. The van der Waals surface area contributed by atoms with E-state index in [1.807, 2.05) is 73.8 Å². The van der Waals surface area contributed by atoms with Crippen molar-refractivity contribution in [1.29, 1.82) is 0 Å². The predicted molar refractivity (Wildman–Crippen MR) is 140 cm³/mol. The molecule has 186 valence electrons. The smallest absolute Gasteiger partial charge is 0.410 e. The van der Waals surface area contributed by atoms with Gasteiger partial charge in [0.15, 0.2) is 0 Å².